The second kappa shape index (κ2) is 9.71. The van der Waals surface area contributed by atoms with Crippen LogP contribution in [0.5, 0.6) is 0 Å². The zero-order valence-corrected chi connectivity index (χ0v) is 18.2. The first-order valence-electron chi connectivity index (χ1n) is 9.82. The van der Waals surface area contributed by atoms with E-state index in [-0.39, 0.29) is 0 Å². The van der Waals surface area contributed by atoms with E-state index in [9.17, 15) is 0 Å². The first-order chi connectivity index (χ1) is 14.7. The molecule has 0 saturated heterocycles. The van der Waals surface area contributed by atoms with E-state index in [1.807, 2.05) is 36.4 Å². The molecule has 0 atom stereocenters. The van der Waals surface area contributed by atoms with Crippen LogP contribution >= 0.6 is 25.3 Å². The lowest BCUT2D eigenvalue weighted by Crippen LogP contribution is -1.80. The van der Waals surface area contributed by atoms with Gasteiger partial charge in [-0.1, -0.05) is 109 Å². The normalized spacial score (nSPS) is 11.4. The summed E-state index contributed by atoms with van der Waals surface area (Å²) >= 11 is 8.99. The summed E-state index contributed by atoms with van der Waals surface area (Å²) in [5.41, 5.74) is 6.99. The standard InChI is InChI=1S/C28H22S2/c29-27-7-3-1-5-25(27)19-13-21-9-15-23(16-10-21)24-17-11-22(12-18-24)14-20-26-6-2-4-8-28(26)30/h1-20,29-30H/b19-13+,20-14+. The molecule has 146 valence electrons. The Morgan fingerprint density at radius 2 is 0.767 bits per heavy atom. The van der Waals surface area contributed by atoms with Crippen molar-refractivity contribution in [1.82, 2.24) is 0 Å². The third-order valence-electron chi connectivity index (χ3n) is 4.94. The SMILES string of the molecule is Sc1ccccc1/C=C/c1ccc(-c2ccc(/C=C/c3ccccc3S)cc2)cc1. The molecule has 0 saturated carbocycles. The maximum absolute atomic E-state index is 4.50. The molecule has 0 aliphatic carbocycles. The quantitative estimate of drug-likeness (QED) is 0.235. The van der Waals surface area contributed by atoms with Gasteiger partial charge in [0.2, 0.25) is 0 Å². The van der Waals surface area contributed by atoms with Gasteiger partial charge < -0.3 is 0 Å². The minimum Gasteiger partial charge on any atom is -0.143 e. The van der Waals surface area contributed by atoms with E-state index in [1.54, 1.807) is 0 Å². The molecule has 0 aliphatic rings. The minimum atomic E-state index is 0.984. The minimum absolute atomic E-state index is 0.984. The number of hydrogen-bond donors (Lipinski definition) is 2. The molecule has 0 aliphatic heterocycles. The van der Waals surface area contributed by atoms with Crippen molar-refractivity contribution in [2.45, 2.75) is 9.79 Å². The molecule has 0 radical (unpaired) electrons. The third kappa shape index (κ3) is 5.15. The van der Waals surface area contributed by atoms with Crippen LogP contribution in [0.15, 0.2) is 107 Å². The first kappa shape index (κ1) is 20.3. The van der Waals surface area contributed by atoms with Crippen molar-refractivity contribution in [2.24, 2.45) is 0 Å². The van der Waals surface area contributed by atoms with Gasteiger partial charge >= 0.3 is 0 Å². The van der Waals surface area contributed by atoms with Crippen molar-refractivity contribution in [1.29, 1.82) is 0 Å². The topological polar surface area (TPSA) is 0 Å². The highest BCUT2D eigenvalue weighted by Gasteiger charge is 1.99. The van der Waals surface area contributed by atoms with Gasteiger partial charge in [-0.3, -0.25) is 0 Å². The van der Waals surface area contributed by atoms with Gasteiger partial charge in [0, 0.05) is 9.79 Å². The average molecular weight is 423 g/mol. The predicted octanol–water partition coefficient (Wildman–Crippen LogP) is 8.27. The lowest BCUT2D eigenvalue weighted by Gasteiger charge is -2.04. The molecule has 30 heavy (non-hydrogen) atoms. The van der Waals surface area contributed by atoms with E-state index in [4.69, 9.17) is 0 Å². The van der Waals surface area contributed by atoms with Crippen molar-refractivity contribution in [3.05, 3.63) is 119 Å². The van der Waals surface area contributed by atoms with Crippen molar-refractivity contribution >= 4 is 49.6 Å². The summed E-state index contributed by atoms with van der Waals surface area (Å²) in [5, 5.41) is 0. The zero-order valence-electron chi connectivity index (χ0n) is 16.4. The Hall–Kier alpha value is -2.94. The van der Waals surface area contributed by atoms with Gasteiger partial charge in [-0.25, -0.2) is 0 Å². The molecule has 4 rings (SSSR count). The molecule has 0 nitrogen and oxygen atoms in total. The highest BCUT2D eigenvalue weighted by atomic mass is 32.1. The Kier molecular flexibility index (Phi) is 6.58. The second-order valence-electron chi connectivity index (χ2n) is 7.03. The molecule has 2 heteroatoms. The van der Waals surface area contributed by atoms with Crippen LogP contribution < -0.4 is 0 Å². The van der Waals surface area contributed by atoms with Crippen molar-refractivity contribution < 1.29 is 0 Å². The van der Waals surface area contributed by atoms with E-state index >= 15 is 0 Å². The molecule has 0 unspecified atom stereocenters. The van der Waals surface area contributed by atoms with Crippen LogP contribution in [0.2, 0.25) is 0 Å². The molecule has 0 bridgehead atoms. The highest BCUT2D eigenvalue weighted by Crippen LogP contribution is 2.23. The van der Waals surface area contributed by atoms with Crippen LogP contribution in [0, 0.1) is 0 Å². The maximum atomic E-state index is 4.50. The van der Waals surface area contributed by atoms with Crippen LogP contribution in [0.3, 0.4) is 0 Å². The van der Waals surface area contributed by atoms with Gasteiger partial charge in [0.25, 0.3) is 0 Å². The van der Waals surface area contributed by atoms with Gasteiger partial charge in [-0.05, 0) is 45.5 Å². The number of thiol groups is 2. The Bertz CT molecular complexity index is 1090. The van der Waals surface area contributed by atoms with E-state index in [0.29, 0.717) is 0 Å². The van der Waals surface area contributed by atoms with Crippen molar-refractivity contribution in [2.75, 3.05) is 0 Å². The molecule has 0 amide bonds. The molecule has 0 heterocycles. The Morgan fingerprint density at radius 1 is 0.400 bits per heavy atom. The lowest BCUT2D eigenvalue weighted by atomic mass is 10.0. The summed E-state index contributed by atoms with van der Waals surface area (Å²) in [6, 6.07) is 33.4. The molecule has 4 aromatic carbocycles. The molecule has 0 aromatic heterocycles. The van der Waals surface area contributed by atoms with E-state index < -0.39 is 0 Å². The van der Waals surface area contributed by atoms with Crippen molar-refractivity contribution in [3.8, 4) is 11.1 Å². The van der Waals surface area contributed by atoms with E-state index in [1.165, 1.54) is 22.3 Å². The van der Waals surface area contributed by atoms with Gasteiger partial charge in [0.05, 0.1) is 0 Å². The molecule has 0 spiro atoms. The molecule has 0 fully saturated rings. The smallest absolute Gasteiger partial charge is 0.0113 e. The monoisotopic (exact) mass is 422 g/mol. The van der Waals surface area contributed by atoms with Crippen molar-refractivity contribution in [3.63, 3.8) is 0 Å². The molecular formula is C28H22S2. The summed E-state index contributed by atoms with van der Waals surface area (Å²) in [4.78, 5) is 1.97. The molecule has 4 aromatic rings. The van der Waals surface area contributed by atoms with Gasteiger partial charge in [0.15, 0.2) is 0 Å². The number of benzene rings is 4. The van der Waals surface area contributed by atoms with E-state index in [2.05, 4.69) is 110 Å². The fourth-order valence-corrected chi connectivity index (χ4v) is 3.67. The summed E-state index contributed by atoms with van der Waals surface area (Å²) in [6.45, 7) is 0. The van der Waals surface area contributed by atoms with Crippen LogP contribution in [-0.2, 0) is 0 Å². The predicted molar refractivity (Wildman–Crippen MR) is 137 cm³/mol. The Labute approximate surface area is 189 Å². The Balaban J connectivity index is 1.46. The zero-order chi connectivity index (χ0) is 20.8. The summed E-state index contributed by atoms with van der Waals surface area (Å²) in [6.07, 6.45) is 8.43. The fraction of sp³-hybridized carbons (Fsp3) is 0. The third-order valence-corrected chi connectivity index (χ3v) is 5.75. The summed E-state index contributed by atoms with van der Waals surface area (Å²) in [7, 11) is 0. The van der Waals surface area contributed by atoms with Gasteiger partial charge in [-0.2, -0.15) is 0 Å². The van der Waals surface area contributed by atoms with Crippen LogP contribution in [0.1, 0.15) is 22.3 Å². The summed E-state index contributed by atoms with van der Waals surface area (Å²) in [5.74, 6) is 0. The largest absolute Gasteiger partial charge is 0.143 e. The number of rotatable bonds is 5. The van der Waals surface area contributed by atoms with Gasteiger partial charge in [-0.15, -0.1) is 25.3 Å². The molecule has 0 N–H and O–H groups in total. The highest BCUT2D eigenvalue weighted by molar-refractivity contribution is 7.80. The summed E-state index contributed by atoms with van der Waals surface area (Å²) < 4.78 is 0. The van der Waals surface area contributed by atoms with Gasteiger partial charge in [0.1, 0.15) is 0 Å². The van der Waals surface area contributed by atoms with Crippen LogP contribution in [0.4, 0.5) is 0 Å². The fourth-order valence-electron chi connectivity index (χ4n) is 3.20. The average Bonchev–Trinajstić information content (AvgIpc) is 2.79. The maximum Gasteiger partial charge on any atom is 0.0113 e. The Morgan fingerprint density at radius 3 is 1.13 bits per heavy atom. The number of hydrogen-bond acceptors (Lipinski definition) is 2. The molecular weight excluding hydrogens is 400 g/mol. The van der Waals surface area contributed by atoms with Crippen LogP contribution in [-0.4, -0.2) is 0 Å². The van der Waals surface area contributed by atoms with Crippen LogP contribution in [0.25, 0.3) is 35.4 Å². The lowest BCUT2D eigenvalue weighted by molar-refractivity contribution is 1.44. The first-order valence-corrected chi connectivity index (χ1v) is 10.7. The van der Waals surface area contributed by atoms with E-state index in [0.717, 1.165) is 20.9 Å². The second-order valence-corrected chi connectivity index (χ2v) is 7.99.